The van der Waals surface area contributed by atoms with Crippen molar-refractivity contribution >= 4 is 136 Å². The van der Waals surface area contributed by atoms with Gasteiger partial charge in [-0.2, -0.15) is 16.8 Å². The van der Waals surface area contributed by atoms with Crippen molar-refractivity contribution in [2.45, 2.75) is 9.79 Å². The minimum atomic E-state index is -4.41. The third-order valence-electron chi connectivity index (χ3n) is 3.77. The molecule has 3 rings (SSSR count). The van der Waals surface area contributed by atoms with Crippen molar-refractivity contribution < 1.29 is 39.6 Å². The van der Waals surface area contributed by atoms with Gasteiger partial charge in [0.15, 0.2) is 0 Å². The largest absolute Gasteiger partial charge is 0.462 e. The van der Waals surface area contributed by atoms with Gasteiger partial charge in [-0.3, -0.25) is 9.11 Å². The predicted molar refractivity (Wildman–Crippen MR) is 119 cm³/mol. The first kappa shape index (κ1) is 30.6. The number of hydrogen-bond donors (Lipinski definition) is 2. The van der Waals surface area contributed by atoms with Crippen LogP contribution in [-0.4, -0.2) is 129 Å². The monoisotopic (exact) mass is 548 g/mol. The third-order valence-corrected chi connectivity index (χ3v) is 7.34. The molecule has 0 aliphatic rings. The van der Waals surface area contributed by atoms with Crippen LogP contribution < -0.4 is 14.4 Å². The molecule has 3 aromatic rings. The van der Waals surface area contributed by atoms with E-state index in [1.807, 2.05) is 0 Å². The summed E-state index contributed by atoms with van der Waals surface area (Å²) in [4.78, 5) is -0.739. The molecule has 0 spiro atoms. The van der Waals surface area contributed by atoms with Crippen molar-refractivity contribution in [2.24, 2.45) is 0 Å². The normalized spacial score (nSPS) is 11.6. The van der Waals surface area contributed by atoms with Crippen LogP contribution in [0, 0.1) is 0 Å². The Morgan fingerprint density at radius 2 is 0.938 bits per heavy atom. The zero-order valence-corrected chi connectivity index (χ0v) is 25.8. The Morgan fingerprint density at radius 3 is 1.25 bits per heavy atom. The molecular formula is C18H15K2O9PS2. The Kier molecular flexibility index (Phi) is 12.0. The average molecular weight is 549 g/mol. The summed E-state index contributed by atoms with van der Waals surface area (Å²) >= 11 is 0. The first-order valence-corrected chi connectivity index (χ1v) is 12.6. The fourth-order valence-electron chi connectivity index (χ4n) is 2.36. The second-order valence-corrected chi connectivity index (χ2v) is 10.6. The Labute approximate surface area is 270 Å². The van der Waals surface area contributed by atoms with E-state index in [0.717, 1.165) is 24.3 Å². The molecule has 0 saturated heterocycles. The second kappa shape index (κ2) is 12.5. The van der Waals surface area contributed by atoms with Gasteiger partial charge in [-0.15, -0.1) is 0 Å². The fourth-order valence-corrected chi connectivity index (χ4v) is 4.90. The molecule has 14 heteroatoms. The van der Waals surface area contributed by atoms with E-state index in [1.165, 1.54) is 36.4 Å². The molecule has 2 radical (unpaired) electrons. The van der Waals surface area contributed by atoms with Crippen LogP contribution in [0.3, 0.4) is 0 Å². The molecule has 9 nitrogen and oxygen atoms in total. The topological polar surface area (TPSA) is 144 Å². The molecule has 160 valence electrons. The van der Waals surface area contributed by atoms with Crippen LogP contribution >= 0.6 is 7.60 Å². The van der Waals surface area contributed by atoms with Gasteiger partial charge in [0.2, 0.25) is 0 Å². The molecule has 0 bridgehead atoms. The van der Waals surface area contributed by atoms with Crippen molar-refractivity contribution in [2.75, 3.05) is 0 Å². The van der Waals surface area contributed by atoms with E-state index in [0.29, 0.717) is 0 Å². The summed E-state index contributed by atoms with van der Waals surface area (Å²) in [6.45, 7) is 0. The van der Waals surface area contributed by atoms with Crippen molar-refractivity contribution in [3.63, 3.8) is 0 Å². The maximum atomic E-state index is 13.5. The van der Waals surface area contributed by atoms with Crippen molar-refractivity contribution in [1.29, 1.82) is 0 Å². The molecule has 0 unspecified atom stereocenters. The maximum Gasteiger partial charge on any atom is 0.462 e. The van der Waals surface area contributed by atoms with Crippen LogP contribution in [0.1, 0.15) is 0 Å². The summed E-state index contributed by atoms with van der Waals surface area (Å²) in [7, 11) is -12.9. The minimum Gasteiger partial charge on any atom is -0.413 e. The van der Waals surface area contributed by atoms with E-state index in [9.17, 15) is 21.4 Å². The molecule has 0 atom stereocenters. The Morgan fingerprint density at radius 1 is 0.594 bits per heavy atom. The van der Waals surface area contributed by atoms with Gasteiger partial charge >= 0.3 is 7.60 Å². The van der Waals surface area contributed by atoms with Crippen LogP contribution in [0.4, 0.5) is 0 Å². The molecule has 32 heavy (non-hydrogen) atoms. The summed E-state index contributed by atoms with van der Waals surface area (Å²) in [5.74, 6) is 0.00767. The van der Waals surface area contributed by atoms with Gasteiger partial charge in [-0.05, 0) is 60.7 Å². The van der Waals surface area contributed by atoms with Crippen molar-refractivity contribution in [3.8, 4) is 11.5 Å². The SMILES string of the molecule is O=P(Oc1ccc(S(=O)(=O)O)cc1)(Oc1ccc(S(=O)(=O)O)cc1)c1ccccc1.[K].[K]. The molecule has 0 aliphatic heterocycles. The Bertz CT molecular complexity index is 1220. The first-order valence-electron chi connectivity index (χ1n) is 8.17. The van der Waals surface area contributed by atoms with Crippen LogP contribution in [0.2, 0.25) is 0 Å². The minimum absolute atomic E-state index is 0. The van der Waals surface area contributed by atoms with Gasteiger partial charge in [0.25, 0.3) is 20.2 Å². The molecule has 0 aliphatic carbocycles. The van der Waals surface area contributed by atoms with E-state index in [-0.39, 0.29) is 129 Å². The Hall–Kier alpha value is 0.583. The van der Waals surface area contributed by atoms with E-state index in [4.69, 9.17) is 18.2 Å². The van der Waals surface area contributed by atoms with E-state index >= 15 is 0 Å². The molecule has 0 aromatic heterocycles. The van der Waals surface area contributed by atoms with Gasteiger partial charge < -0.3 is 9.05 Å². The number of hydrogen-bond acceptors (Lipinski definition) is 7. The molecule has 0 fully saturated rings. The predicted octanol–water partition coefficient (Wildman–Crippen LogP) is 2.39. The summed E-state index contributed by atoms with van der Waals surface area (Å²) in [6.07, 6.45) is 0. The maximum absolute atomic E-state index is 13.5. The van der Waals surface area contributed by atoms with Gasteiger partial charge in [-0.1, -0.05) is 18.2 Å². The summed E-state index contributed by atoms with van der Waals surface area (Å²) in [5.41, 5.74) is 0. The van der Waals surface area contributed by atoms with Gasteiger partial charge in [-0.25, -0.2) is 4.57 Å². The fraction of sp³-hybridized carbons (Fsp3) is 0. The Balaban J connectivity index is 0.00000256. The quantitative estimate of drug-likeness (QED) is 0.258. The van der Waals surface area contributed by atoms with Gasteiger partial charge in [0.05, 0.1) is 15.1 Å². The number of benzene rings is 3. The molecule has 0 amide bonds. The van der Waals surface area contributed by atoms with Crippen molar-refractivity contribution in [3.05, 3.63) is 78.9 Å². The van der Waals surface area contributed by atoms with Crippen LogP contribution in [0.25, 0.3) is 0 Å². The molecule has 2 N–H and O–H groups in total. The van der Waals surface area contributed by atoms with Gasteiger partial charge in [0, 0.05) is 103 Å². The summed E-state index contributed by atoms with van der Waals surface area (Å²) in [5, 5.41) is 0.183. The second-order valence-electron chi connectivity index (χ2n) is 5.91. The zero-order valence-electron chi connectivity index (χ0n) is 17.0. The molecule has 0 heterocycles. The standard InChI is InChI=1S/C18H15O9PS2.2K/c19-28(16-4-2-1-3-5-16,26-14-6-10-17(11-7-14)29(20,21)22)27-15-8-12-18(13-9-15)30(23,24)25;;/h1-13H,(H,20,21,22)(H,23,24,25);;. The molecule has 3 aromatic carbocycles. The van der Waals surface area contributed by atoms with Crippen LogP contribution in [0.5, 0.6) is 11.5 Å². The first-order chi connectivity index (χ1) is 14.0. The van der Waals surface area contributed by atoms with Crippen molar-refractivity contribution in [1.82, 2.24) is 0 Å². The average Bonchev–Trinajstić information content (AvgIpc) is 2.68. The van der Waals surface area contributed by atoms with E-state index in [1.54, 1.807) is 18.2 Å². The summed E-state index contributed by atoms with van der Waals surface area (Å²) < 4.78 is 87.4. The third kappa shape index (κ3) is 8.36. The number of rotatable bonds is 7. The van der Waals surface area contributed by atoms with Crippen LogP contribution in [0.15, 0.2) is 88.7 Å². The summed E-state index contributed by atoms with van der Waals surface area (Å²) in [6, 6.07) is 17.0. The molecular weight excluding hydrogens is 533 g/mol. The molecule has 0 saturated carbocycles. The smallest absolute Gasteiger partial charge is 0.413 e. The van der Waals surface area contributed by atoms with Crippen LogP contribution in [-0.2, 0) is 24.8 Å². The zero-order chi connectivity index (χ0) is 22.0. The van der Waals surface area contributed by atoms with E-state index in [2.05, 4.69) is 0 Å². The van der Waals surface area contributed by atoms with E-state index < -0.39 is 27.8 Å². The van der Waals surface area contributed by atoms with Gasteiger partial charge in [0.1, 0.15) is 11.5 Å².